The van der Waals surface area contributed by atoms with E-state index in [1.165, 1.54) is 22.1 Å². The van der Waals surface area contributed by atoms with Crippen LogP contribution in [0, 0.1) is 0 Å². The van der Waals surface area contributed by atoms with Crippen LogP contribution in [0.4, 0.5) is 5.13 Å². The van der Waals surface area contributed by atoms with Gasteiger partial charge >= 0.3 is 11.9 Å². The number of rotatable bonds is 17. The summed E-state index contributed by atoms with van der Waals surface area (Å²) in [5.41, 5.74) is 1.78. The first kappa shape index (κ1) is 50.9. The topological polar surface area (TPSA) is 209 Å². The molecule has 376 valence electrons. The monoisotopic (exact) mass is 1050 g/mol. The number of nitrogens with zero attached hydrogens (tertiary/aromatic N) is 7. The van der Waals surface area contributed by atoms with Gasteiger partial charge in [-0.25, -0.2) is 19.3 Å². The van der Waals surface area contributed by atoms with E-state index in [1.54, 1.807) is 33.2 Å². The van der Waals surface area contributed by atoms with Crippen molar-refractivity contribution < 1.29 is 37.7 Å². The highest BCUT2D eigenvalue weighted by Gasteiger charge is 2.58. The molecule has 2 amide bonds. The Hall–Kier alpha value is -8.07. The molecule has 0 saturated carbocycles. The maximum absolute atomic E-state index is 14.8. The van der Waals surface area contributed by atoms with E-state index in [1.807, 2.05) is 152 Å². The van der Waals surface area contributed by atoms with Gasteiger partial charge in [-0.1, -0.05) is 157 Å². The van der Waals surface area contributed by atoms with E-state index in [4.69, 9.17) is 19.3 Å². The molecule has 1 fully saturated rings. The number of aromatic nitrogens is 5. The lowest BCUT2D eigenvalue weighted by Gasteiger charge is -2.49. The molecule has 0 spiro atoms. The first-order chi connectivity index (χ1) is 35.7. The molecule has 5 aromatic carbocycles. The summed E-state index contributed by atoms with van der Waals surface area (Å²) in [5, 5.41) is 22.8. The molecule has 0 bridgehead atoms. The minimum Gasteiger partial charge on any atom is -0.457 e. The van der Waals surface area contributed by atoms with Gasteiger partial charge in [0, 0.05) is 12.4 Å². The van der Waals surface area contributed by atoms with Crippen molar-refractivity contribution in [3.8, 4) is 0 Å². The Balaban J connectivity index is 1.06. The van der Waals surface area contributed by atoms with E-state index in [0.29, 0.717) is 16.3 Å². The average Bonchev–Trinajstić information content (AvgIpc) is 4.08. The van der Waals surface area contributed by atoms with Crippen LogP contribution in [0.15, 0.2) is 180 Å². The summed E-state index contributed by atoms with van der Waals surface area (Å²) in [7, 11) is -0.323. The highest BCUT2D eigenvalue weighted by Crippen LogP contribution is 2.42. The van der Waals surface area contributed by atoms with Crippen molar-refractivity contribution in [1.82, 2.24) is 35.4 Å². The Labute approximate surface area is 438 Å². The van der Waals surface area contributed by atoms with Crippen LogP contribution >= 0.6 is 24.0 Å². The summed E-state index contributed by atoms with van der Waals surface area (Å²) in [6.07, 6.45) is 0.565. The molecule has 2 aromatic heterocycles. The zero-order chi connectivity index (χ0) is 52.0. The van der Waals surface area contributed by atoms with Crippen molar-refractivity contribution in [2.45, 2.75) is 49.4 Å². The highest BCUT2D eigenvalue weighted by molar-refractivity contribution is 7.90. The van der Waals surface area contributed by atoms with Gasteiger partial charge in [-0.3, -0.25) is 18.7 Å². The van der Waals surface area contributed by atoms with Crippen LogP contribution in [-0.4, -0.2) is 93.1 Å². The maximum Gasteiger partial charge on any atom is 0.356 e. The maximum atomic E-state index is 14.8. The summed E-state index contributed by atoms with van der Waals surface area (Å²) in [6, 6.07) is 46.3. The van der Waals surface area contributed by atoms with Gasteiger partial charge in [0.1, 0.15) is 33.9 Å². The molecule has 4 heterocycles. The van der Waals surface area contributed by atoms with Gasteiger partial charge < -0.3 is 24.9 Å². The molecule has 3 atom stereocenters. The SMILES string of the molecule is Cn1nnnc1C(S)=CC1=C(C(=O)OC(c2ccccc2)c2ccccc2)N2C(=O)C(NC(=O)C(=NOCC(=O)OC(C)(C)C)c3csc(NC(c4ccccc4)(c4ccccc4)c4ccccc4)n3)C2S(=O)C1. The van der Waals surface area contributed by atoms with Crippen molar-refractivity contribution in [3.63, 3.8) is 0 Å². The Bertz CT molecular complexity index is 3160. The Morgan fingerprint density at radius 1 is 0.851 bits per heavy atom. The van der Waals surface area contributed by atoms with Gasteiger partial charge in [-0.2, -0.15) is 0 Å². The largest absolute Gasteiger partial charge is 0.457 e. The lowest BCUT2D eigenvalue weighted by atomic mass is 9.77. The van der Waals surface area contributed by atoms with Crippen LogP contribution in [0.1, 0.15) is 66.2 Å². The normalized spacial score (nSPS) is 17.0. The van der Waals surface area contributed by atoms with Crippen LogP contribution in [0.3, 0.4) is 0 Å². The number of allylic oxidation sites excluding steroid dienone is 1. The third kappa shape index (κ3) is 10.8. The number of oxime groups is 1. The van der Waals surface area contributed by atoms with Gasteiger partial charge in [0.05, 0.1) is 21.5 Å². The number of benzene rings is 5. The lowest BCUT2D eigenvalue weighted by Crippen LogP contribution is -2.74. The quantitative estimate of drug-likeness (QED) is 0.0208. The predicted octanol–water partition coefficient (Wildman–Crippen LogP) is 7.11. The predicted molar refractivity (Wildman–Crippen MR) is 282 cm³/mol. The molecular weight excluding hydrogens is 999 g/mol. The molecule has 9 rings (SSSR count). The number of carbonyl (C=O) groups is 4. The molecule has 0 radical (unpaired) electrons. The Morgan fingerprint density at radius 2 is 1.39 bits per heavy atom. The number of esters is 2. The summed E-state index contributed by atoms with van der Waals surface area (Å²) in [5.74, 6) is -3.38. The summed E-state index contributed by atoms with van der Waals surface area (Å²) in [4.78, 5) is 68.4. The Morgan fingerprint density at radius 3 is 1.91 bits per heavy atom. The van der Waals surface area contributed by atoms with Crippen LogP contribution in [-0.2, 0) is 56.9 Å². The smallest absolute Gasteiger partial charge is 0.356 e. The molecule has 17 nitrogen and oxygen atoms in total. The minimum absolute atomic E-state index is 0.0275. The standard InChI is InChI=1S/C54H49N9O8S3/c1-53(2,3)71-42(64)31-69-59-43(40-32-73-52(55-40)57-54(37-24-14-7-15-25-37,38-26-16-8-17-27-38)39-28-18-9-19-29-39)48(65)56-44-49(66)63-45(36(33-74(68)50(44)63)30-41(72)47-58-60-61-62(47)4)51(67)70-46(34-20-10-5-11-21-34)35-22-12-6-13-23-35/h5-30,32,44,46,50,72H,31,33H2,1-4H3,(H,55,57)(H,56,65). The summed E-state index contributed by atoms with van der Waals surface area (Å²) in [6.45, 7) is 4.43. The van der Waals surface area contributed by atoms with Crippen LogP contribution < -0.4 is 10.6 Å². The number of β-lactam (4-membered cyclic amide) rings is 1. The molecule has 74 heavy (non-hydrogen) atoms. The third-order valence-electron chi connectivity index (χ3n) is 11.9. The van der Waals surface area contributed by atoms with Crippen molar-refractivity contribution in [3.05, 3.63) is 214 Å². The van der Waals surface area contributed by atoms with E-state index in [2.05, 4.69) is 43.9 Å². The second-order valence-corrected chi connectivity index (χ2v) is 20.9. The number of hydrogen-bond donors (Lipinski definition) is 3. The molecule has 7 aromatic rings. The number of anilines is 1. The number of aryl methyl sites for hydroxylation is 1. The first-order valence-electron chi connectivity index (χ1n) is 23.2. The lowest BCUT2D eigenvalue weighted by molar-refractivity contribution is -0.160. The molecule has 2 aliphatic heterocycles. The van der Waals surface area contributed by atoms with Gasteiger partial charge in [0.2, 0.25) is 6.61 Å². The van der Waals surface area contributed by atoms with E-state index in [0.717, 1.165) is 21.6 Å². The second-order valence-electron chi connectivity index (χ2n) is 18.0. The van der Waals surface area contributed by atoms with E-state index in [-0.39, 0.29) is 33.4 Å². The summed E-state index contributed by atoms with van der Waals surface area (Å²) >= 11 is 5.81. The molecule has 2 N–H and O–H groups in total. The number of thiazole rings is 1. The molecule has 1 saturated heterocycles. The van der Waals surface area contributed by atoms with Gasteiger partial charge in [-0.15, -0.1) is 29.1 Å². The zero-order valence-corrected chi connectivity index (χ0v) is 42.9. The molecule has 3 unspecified atom stereocenters. The van der Waals surface area contributed by atoms with Gasteiger partial charge in [0.25, 0.3) is 11.8 Å². The van der Waals surface area contributed by atoms with Crippen molar-refractivity contribution >= 4 is 74.3 Å². The van der Waals surface area contributed by atoms with Crippen LogP contribution in [0.25, 0.3) is 4.91 Å². The fourth-order valence-corrected chi connectivity index (χ4v) is 11.4. The molecule has 20 heteroatoms. The van der Waals surface area contributed by atoms with E-state index in [9.17, 15) is 23.4 Å². The fourth-order valence-electron chi connectivity index (χ4n) is 8.64. The number of fused-ring (bicyclic) bond motifs is 1. The number of carbonyl (C=O) groups excluding carboxylic acids is 4. The summed E-state index contributed by atoms with van der Waals surface area (Å²) < 4.78 is 27.5. The first-order valence-corrected chi connectivity index (χ1v) is 25.9. The molecule has 2 aliphatic rings. The van der Waals surface area contributed by atoms with E-state index >= 15 is 0 Å². The number of ether oxygens (including phenoxy) is 2. The average molecular weight is 1050 g/mol. The van der Waals surface area contributed by atoms with Crippen molar-refractivity contribution in [2.24, 2.45) is 12.2 Å². The van der Waals surface area contributed by atoms with Gasteiger partial charge in [-0.05, 0) is 70.7 Å². The van der Waals surface area contributed by atoms with Crippen molar-refractivity contribution in [2.75, 3.05) is 17.7 Å². The number of nitrogens with one attached hydrogen (secondary N) is 2. The third-order valence-corrected chi connectivity index (χ3v) is 14.6. The van der Waals surface area contributed by atoms with Crippen LogP contribution in [0.5, 0.6) is 0 Å². The van der Waals surface area contributed by atoms with Gasteiger partial charge in [0.15, 0.2) is 22.8 Å². The number of amides is 2. The molecule has 0 aliphatic carbocycles. The number of tetrazole rings is 1. The number of thiol groups is 1. The molecular formula is C54H49N9O8S3. The van der Waals surface area contributed by atoms with Crippen molar-refractivity contribution in [1.29, 1.82) is 0 Å². The van der Waals surface area contributed by atoms with E-state index < -0.39 is 75.5 Å². The Kier molecular flexibility index (Phi) is 15.1. The highest BCUT2D eigenvalue weighted by atomic mass is 32.2. The zero-order valence-electron chi connectivity index (χ0n) is 40.4. The number of hydrogen-bond acceptors (Lipinski definition) is 16. The second kappa shape index (κ2) is 22.0. The van der Waals surface area contributed by atoms with Crippen LogP contribution in [0.2, 0.25) is 0 Å². The fraction of sp³-hybridized carbons (Fsp3) is 0.204. The minimum atomic E-state index is -1.93.